The fourth-order valence-corrected chi connectivity index (χ4v) is 2.32. The molecule has 92 valence electrons. The molecule has 0 aromatic carbocycles. The number of carbonyl (C=O) groups is 1. The van der Waals surface area contributed by atoms with Gasteiger partial charge in [0, 0.05) is 25.1 Å². The minimum absolute atomic E-state index is 0.0317. The van der Waals surface area contributed by atoms with Crippen LogP contribution in [0.1, 0.15) is 12.8 Å². The number of nitrogens with two attached hydrogens (primary N) is 2. The van der Waals surface area contributed by atoms with Crippen LogP contribution in [0.3, 0.4) is 0 Å². The third kappa shape index (κ3) is 2.85. The van der Waals surface area contributed by atoms with Gasteiger partial charge in [-0.05, 0) is 28.8 Å². The maximum Gasteiger partial charge on any atom is 0.228 e. The lowest BCUT2D eigenvalue weighted by Crippen LogP contribution is -2.39. The van der Waals surface area contributed by atoms with Gasteiger partial charge in [-0.2, -0.15) is 4.98 Å². The van der Waals surface area contributed by atoms with Gasteiger partial charge in [0.25, 0.3) is 0 Å². The number of amides is 1. The lowest BCUT2D eigenvalue weighted by Gasteiger charge is -2.30. The predicted molar refractivity (Wildman–Crippen MR) is 68.3 cm³/mol. The lowest BCUT2D eigenvalue weighted by molar-refractivity contribution is -0.122. The monoisotopic (exact) mass is 299 g/mol. The van der Waals surface area contributed by atoms with Gasteiger partial charge in [0.2, 0.25) is 11.9 Å². The van der Waals surface area contributed by atoms with E-state index < -0.39 is 0 Å². The highest BCUT2D eigenvalue weighted by Gasteiger charge is 2.24. The Morgan fingerprint density at radius 1 is 1.41 bits per heavy atom. The van der Waals surface area contributed by atoms with E-state index in [-0.39, 0.29) is 11.8 Å². The van der Waals surface area contributed by atoms with E-state index in [0.717, 1.165) is 25.9 Å². The molecule has 4 N–H and O–H groups in total. The molecule has 2 heterocycles. The summed E-state index contributed by atoms with van der Waals surface area (Å²) < 4.78 is 0.664. The molecule has 0 radical (unpaired) electrons. The van der Waals surface area contributed by atoms with Crippen molar-refractivity contribution in [2.75, 3.05) is 23.7 Å². The molecule has 0 atom stereocenters. The fraction of sp³-hybridized carbons (Fsp3) is 0.500. The van der Waals surface area contributed by atoms with Crippen LogP contribution in [0, 0.1) is 5.92 Å². The average molecular weight is 300 g/mol. The van der Waals surface area contributed by atoms with Crippen LogP contribution in [0.2, 0.25) is 0 Å². The molecule has 0 aliphatic carbocycles. The van der Waals surface area contributed by atoms with Gasteiger partial charge in [0.1, 0.15) is 10.4 Å². The van der Waals surface area contributed by atoms with Gasteiger partial charge in [-0.15, -0.1) is 0 Å². The second kappa shape index (κ2) is 4.87. The second-order valence-electron chi connectivity index (χ2n) is 4.08. The summed E-state index contributed by atoms with van der Waals surface area (Å²) >= 11 is 3.28. The molecule has 1 amide bonds. The molecule has 1 aliphatic heterocycles. The van der Waals surface area contributed by atoms with Crippen LogP contribution in [-0.4, -0.2) is 29.0 Å². The quantitative estimate of drug-likeness (QED) is 0.776. The van der Waals surface area contributed by atoms with Crippen LogP contribution in [0.5, 0.6) is 0 Å². The standard InChI is InChI=1S/C10H14BrN5O/c11-7-5-8(12)15-10(14-7)16-3-1-6(2-4-16)9(13)17/h5-6H,1-4H2,(H2,13,17)(H2,12,14,15). The molecule has 0 saturated carbocycles. The number of piperidine rings is 1. The van der Waals surface area contributed by atoms with E-state index in [2.05, 4.69) is 25.9 Å². The minimum Gasteiger partial charge on any atom is -0.383 e. The van der Waals surface area contributed by atoms with Crippen molar-refractivity contribution in [2.24, 2.45) is 11.7 Å². The molecular weight excluding hydrogens is 286 g/mol. The zero-order valence-electron chi connectivity index (χ0n) is 9.27. The highest BCUT2D eigenvalue weighted by molar-refractivity contribution is 9.10. The van der Waals surface area contributed by atoms with Crippen LogP contribution < -0.4 is 16.4 Å². The molecule has 0 bridgehead atoms. The summed E-state index contributed by atoms with van der Waals surface area (Å²) in [5.41, 5.74) is 10.9. The predicted octanol–water partition coefficient (Wildman–Crippen LogP) is 0.523. The van der Waals surface area contributed by atoms with E-state index in [0.29, 0.717) is 16.4 Å². The zero-order chi connectivity index (χ0) is 12.4. The van der Waals surface area contributed by atoms with Gasteiger partial charge >= 0.3 is 0 Å². The molecule has 0 unspecified atom stereocenters. The van der Waals surface area contributed by atoms with Crippen molar-refractivity contribution in [1.29, 1.82) is 0 Å². The number of anilines is 2. The number of carbonyl (C=O) groups excluding carboxylic acids is 1. The minimum atomic E-state index is -0.223. The average Bonchev–Trinajstić information content (AvgIpc) is 2.28. The summed E-state index contributed by atoms with van der Waals surface area (Å²) in [5.74, 6) is 0.772. The first kappa shape index (κ1) is 12.1. The summed E-state index contributed by atoms with van der Waals surface area (Å²) in [6, 6.07) is 1.65. The van der Waals surface area contributed by atoms with Gasteiger partial charge in [-0.25, -0.2) is 4.98 Å². The highest BCUT2D eigenvalue weighted by atomic mass is 79.9. The highest BCUT2D eigenvalue weighted by Crippen LogP contribution is 2.22. The Morgan fingerprint density at radius 3 is 2.59 bits per heavy atom. The first-order valence-corrected chi connectivity index (χ1v) is 6.20. The third-order valence-electron chi connectivity index (χ3n) is 2.88. The smallest absolute Gasteiger partial charge is 0.228 e. The van der Waals surface area contributed by atoms with E-state index in [1.807, 2.05) is 4.90 Å². The Balaban J connectivity index is 2.07. The molecule has 17 heavy (non-hydrogen) atoms. The number of halogens is 1. The molecule has 1 aliphatic rings. The molecule has 2 rings (SSSR count). The van der Waals surface area contributed by atoms with E-state index in [9.17, 15) is 4.79 Å². The van der Waals surface area contributed by atoms with Gasteiger partial charge < -0.3 is 16.4 Å². The van der Waals surface area contributed by atoms with E-state index in [1.54, 1.807) is 6.07 Å². The van der Waals surface area contributed by atoms with Gasteiger partial charge in [0.15, 0.2) is 0 Å². The summed E-state index contributed by atoms with van der Waals surface area (Å²) in [4.78, 5) is 21.5. The Hall–Kier alpha value is -1.37. The molecule has 1 saturated heterocycles. The molecule has 1 aromatic rings. The number of nitrogen functional groups attached to an aromatic ring is 1. The first-order chi connectivity index (χ1) is 8.06. The topological polar surface area (TPSA) is 98.1 Å². The largest absolute Gasteiger partial charge is 0.383 e. The second-order valence-corrected chi connectivity index (χ2v) is 4.89. The summed E-state index contributed by atoms with van der Waals surface area (Å²) in [6.45, 7) is 1.45. The Labute approximate surface area is 108 Å². The molecule has 6 nitrogen and oxygen atoms in total. The van der Waals surface area contributed by atoms with Crippen molar-refractivity contribution in [2.45, 2.75) is 12.8 Å². The molecular formula is C10H14BrN5O. The van der Waals surface area contributed by atoms with Crippen molar-refractivity contribution >= 4 is 33.6 Å². The summed E-state index contributed by atoms with van der Waals surface area (Å²) in [7, 11) is 0. The number of hydrogen-bond donors (Lipinski definition) is 2. The normalized spacial score (nSPS) is 17.1. The number of rotatable bonds is 2. The lowest BCUT2D eigenvalue weighted by atomic mass is 9.96. The van der Waals surface area contributed by atoms with Crippen molar-refractivity contribution < 1.29 is 4.79 Å². The Bertz CT molecular complexity index is 410. The molecule has 1 fully saturated rings. The van der Waals surface area contributed by atoms with Crippen LogP contribution in [-0.2, 0) is 4.79 Å². The van der Waals surface area contributed by atoms with Crippen molar-refractivity contribution in [3.63, 3.8) is 0 Å². The van der Waals surface area contributed by atoms with Crippen molar-refractivity contribution in [3.8, 4) is 0 Å². The van der Waals surface area contributed by atoms with Gasteiger partial charge in [-0.1, -0.05) is 0 Å². The number of aromatic nitrogens is 2. The molecule has 0 spiro atoms. The van der Waals surface area contributed by atoms with Crippen LogP contribution in [0.4, 0.5) is 11.8 Å². The van der Waals surface area contributed by atoms with Crippen molar-refractivity contribution in [3.05, 3.63) is 10.7 Å². The maximum atomic E-state index is 11.1. The molecule has 7 heteroatoms. The van der Waals surface area contributed by atoms with E-state index >= 15 is 0 Å². The van der Waals surface area contributed by atoms with Crippen molar-refractivity contribution in [1.82, 2.24) is 9.97 Å². The van der Waals surface area contributed by atoms with Crippen LogP contribution in [0.15, 0.2) is 10.7 Å². The maximum absolute atomic E-state index is 11.1. The SMILES string of the molecule is NC(=O)C1CCN(c2nc(N)cc(Br)n2)CC1. The van der Waals surface area contributed by atoms with Gasteiger partial charge in [0.05, 0.1) is 0 Å². The zero-order valence-corrected chi connectivity index (χ0v) is 10.9. The van der Waals surface area contributed by atoms with Crippen LogP contribution in [0.25, 0.3) is 0 Å². The van der Waals surface area contributed by atoms with E-state index in [1.165, 1.54) is 0 Å². The van der Waals surface area contributed by atoms with Crippen LogP contribution >= 0.6 is 15.9 Å². The summed E-state index contributed by atoms with van der Waals surface area (Å²) in [6.07, 6.45) is 1.48. The summed E-state index contributed by atoms with van der Waals surface area (Å²) in [5, 5.41) is 0. The first-order valence-electron chi connectivity index (χ1n) is 5.40. The molecule has 1 aromatic heterocycles. The number of hydrogen-bond acceptors (Lipinski definition) is 5. The van der Waals surface area contributed by atoms with Gasteiger partial charge in [-0.3, -0.25) is 4.79 Å². The Morgan fingerprint density at radius 2 is 2.06 bits per heavy atom. The fourth-order valence-electron chi connectivity index (χ4n) is 1.93. The number of nitrogens with zero attached hydrogens (tertiary/aromatic N) is 3. The van der Waals surface area contributed by atoms with E-state index in [4.69, 9.17) is 11.5 Å². The number of primary amides is 1. The third-order valence-corrected chi connectivity index (χ3v) is 3.29. The Kier molecular flexibility index (Phi) is 3.46.